The molecule has 1 heterocycles. The first-order valence-electron chi connectivity index (χ1n) is 7.16. The average molecular weight is 281 g/mol. The highest BCUT2D eigenvalue weighted by atomic mass is 35.5. The number of hydrogen-bond acceptors (Lipinski definition) is 2. The summed E-state index contributed by atoms with van der Waals surface area (Å²) in [7, 11) is 2.21. The maximum absolute atomic E-state index is 6.25. The third-order valence-corrected chi connectivity index (χ3v) is 4.75. The molecule has 0 saturated carbocycles. The van der Waals surface area contributed by atoms with Crippen LogP contribution in [0.3, 0.4) is 0 Å². The van der Waals surface area contributed by atoms with Gasteiger partial charge in [0.05, 0.1) is 0 Å². The van der Waals surface area contributed by atoms with Gasteiger partial charge in [0, 0.05) is 17.6 Å². The third kappa shape index (κ3) is 3.95. The maximum Gasteiger partial charge on any atom is 0.0453 e. The van der Waals surface area contributed by atoms with Gasteiger partial charge >= 0.3 is 0 Å². The molecule has 0 aromatic heterocycles. The lowest BCUT2D eigenvalue weighted by Crippen LogP contribution is -2.42. The molecule has 0 spiro atoms. The Kier molecular flexibility index (Phi) is 4.88. The molecule has 3 heteroatoms. The second kappa shape index (κ2) is 6.25. The molecule has 0 aliphatic carbocycles. The zero-order valence-electron chi connectivity index (χ0n) is 12.2. The number of nitrogens with zero attached hydrogens (tertiary/aromatic N) is 1. The SMILES string of the molecule is CC(NCC1(C)CCN(C)CC1)c1ccccc1Cl. The highest BCUT2D eigenvalue weighted by Gasteiger charge is 2.29. The first-order chi connectivity index (χ1) is 9.00. The molecule has 1 aromatic rings. The second-order valence-corrected chi connectivity index (χ2v) is 6.65. The standard InChI is InChI=1S/C16H25ClN2/c1-13(14-6-4-5-7-15(14)17)18-12-16(2)8-10-19(3)11-9-16/h4-7,13,18H,8-12H2,1-3H3. The zero-order valence-corrected chi connectivity index (χ0v) is 13.0. The number of piperidine rings is 1. The number of likely N-dealkylation sites (tertiary alicyclic amines) is 1. The Morgan fingerprint density at radius 3 is 2.58 bits per heavy atom. The smallest absolute Gasteiger partial charge is 0.0453 e. The van der Waals surface area contributed by atoms with E-state index >= 15 is 0 Å². The maximum atomic E-state index is 6.25. The Morgan fingerprint density at radius 1 is 1.32 bits per heavy atom. The van der Waals surface area contributed by atoms with E-state index < -0.39 is 0 Å². The van der Waals surface area contributed by atoms with Crippen LogP contribution in [0.1, 0.15) is 38.3 Å². The predicted octanol–water partition coefficient (Wildman–Crippen LogP) is 3.72. The molecule has 1 fully saturated rings. The Hall–Kier alpha value is -0.570. The number of nitrogens with one attached hydrogen (secondary N) is 1. The molecule has 1 aliphatic heterocycles. The van der Waals surface area contributed by atoms with Gasteiger partial charge in [-0.2, -0.15) is 0 Å². The molecular formula is C16H25ClN2. The van der Waals surface area contributed by atoms with Crippen LogP contribution in [0.15, 0.2) is 24.3 Å². The van der Waals surface area contributed by atoms with Crippen molar-refractivity contribution in [1.82, 2.24) is 10.2 Å². The van der Waals surface area contributed by atoms with Crippen molar-refractivity contribution in [2.45, 2.75) is 32.7 Å². The summed E-state index contributed by atoms with van der Waals surface area (Å²) in [6.45, 7) is 8.07. The van der Waals surface area contributed by atoms with Crippen LogP contribution in [-0.2, 0) is 0 Å². The second-order valence-electron chi connectivity index (χ2n) is 6.24. The molecule has 1 unspecified atom stereocenters. The zero-order chi connectivity index (χ0) is 13.9. The summed E-state index contributed by atoms with van der Waals surface area (Å²) in [5.74, 6) is 0. The molecule has 2 nitrogen and oxygen atoms in total. The number of benzene rings is 1. The van der Waals surface area contributed by atoms with Crippen molar-refractivity contribution in [1.29, 1.82) is 0 Å². The first-order valence-corrected chi connectivity index (χ1v) is 7.54. The minimum Gasteiger partial charge on any atom is -0.310 e. The molecule has 0 amide bonds. The summed E-state index contributed by atoms with van der Waals surface area (Å²) in [6.07, 6.45) is 2.54. The van der Waals surface area contributed by atoms with Crippen LogP contribution in [0.2, 0.25) is 5.02 Å². The highest BCUT2D eigenvalue weighted by Crippen LogP contribution is 2.31. The van der Waals surface area contributed by atoms with Crippen LogP contribution in [-0.4, -0.2) is 31.6 Å². The Bertz CT molecular complexity index is 411. The topological polar surface area (TPSA) is 15.3 Å². The fraction of sp³-hybridized carbons (Fsp3) is 0.625. The molecule has 1 atom stereocenters. The Morgan fingerprint density at radius 2 is 1.95 bits per heavy atom. The van der Waals surface area contributed by atoms with Crippen LogP contribution in [0.5, 0.6) is 0 Å². The molecule has 1 N–H and O–H groups in total. The van der Waals surface area contributed by atoms with Crippen LogP contribution in [0.4, 0.5) is 0 Å². The van der Waals surface area contributed by atoms with E-state index in [4.69, 9.17) is 11.6 Å². The fourth-order valence-corrected chi connectivity index (χ4v) is 2.97. The van der Waals surface area contributed by atoms with Crippen molar-refractivity contribution >= 4 is 11.6 Å². The van der Waals surface area contributed by atoms with Gasteiger partial charge in [0.2, 0.25) is 0 Å². The summed E-state index contributed by atoms with van der Waals surface area (Å²) < 4.78 is 0. The molecule has 1 saturated heterocycles. The summed E-state index contributed by atoms with van der Waals surface area (Å²) >= 11 is 6.25. The minimum absolute atomic E-state index is 0.310. The lowest BCUT2D eigenvalue weighted by molar-refractivity contribution is 0.134. The third-order valence-electron chi connectivity index (χ3n) is 4.40. The van der Waals surface area contributed by atoms with Crippen molar-refractivity contribution in [3.05, 3.63) is 34.9 Å². The molecule has 1 aromatic carbocycles. The van der Waals surface area contributed by atoms with Gasteiger partial charge in [0.1, 0.15) is 0 Å². The van der Waals surface area contributed by atoms with Crippen molar-refractivity contribution in [3.8, 4) is 0 Å². The molecule has 1 aliphatic rings. The quantitative estimate of drug-likeness (QED) is 0.904. The summed E-state index contributed by atoms with van der Waals surface area (Å²) in [4.78, 5) is 2.42. The number of hydrogen-bond donors (Lipinski definition) is 1. The molecular weight excluding hydrogens is 256 g/mol. The molecule has 106 valence electrons. The van der Waals surface area contributed by atoms with E-state index in [-0.39, 0.29) is 0 Å². The van der Waals surface area contributed by atoms with E-state index in [1.165, 1.54) is 31.5 Å². The van der Waals surface area contributed by atoms with Crippen molar-refractivity contribution < 1.29 is 0 Å². The van der Waals surface area contributed by atoms with Gasteiger partial charge in [-0.05, 0) is 56.9 Å². The van der Waals surface area contributed by atoms with E-state index in [0.29, 0.717) is 11.5 Å². The largest absolute Gasteiger partial charge is 0.310 e. The van der Waals surface area contributed by atoms with E-state index in [0.717, 1.165) is 11.6 Å². The van der Waals surface area contributed by atoms with Gasteiger partial charge in [-0.3, -0.25) is 0 Å². The molecule has 0 bridgehead atoms. The lowest BCUT2D eigenvalue weighted by Gasteiger charge is -2.38. The van der Waals surface area contributed by atoms with Gasteiger partial charge in [-0.25, -0.2) is 0 Å². The minimum atomic E-state index is 0.310. The van der Waals surface area contributed by atoms with Gasteiger partial charge in [-0.1, -0.05) is 36.7 Å². The van der Waals surface area contributed by atoms with Gasteiger partial charge < -0.3 is 10.2 Å². The first kappa shape index (κ1) is 14.8. The van der Waals surface area contributed by atoms with Gasteiger partial charge in [0.15, 0.2) is 0 Å². The molecule has 2 rings (SSSR count). The lowest BCUT2D eigenvalue weighted by atomic mass is 9.80. The van der Waals surface area contributed by atoms with Gasteiger partial charge in [0.25, 0.3) is 0 Å². The summed E-state index contributed by atoms with van der Waals surface area (Å²) in [6, 6.07) is 8.42. The predicted molar refractivity (Wildman–Crippen MR) is 82.7 cm³/mol. The molecule has 19 heavy (non-hydrogen) atoms. The Balaban J connectivity index is 1.90. The molecule has 0 radical (unpaired) electrons. The average Bonchev–Trinajstić information content (AvgIpc) is 2.41. The van der Waals surface area contributed by atoms with E-state index in [2.05, 4.69) is 43.2 Å². The van der Waals surface area contributed by atoms with E-state index in [1.54, 1.807) is 0 Å². The van der Waals surface area contributed by atoms with Crippen LogP contribution in [0.25, 0.3) is 0 Å². The van der Waals surface area contributed by atoms with Crippen molar-refractivity contribution in [3.63, 3.8) is 0 Å². The van der Waals surface area contributed by atoms with E-state index in [9.17, 15) is 0 Å². The van der Waals surface area contributed by atoms with Crippen LogP contribution >= 0.6 is 11.6 Å². The van der Waals surface area contributed by atoms with Gasteiger partial charge in [-0.15, -0.1) is 0 Å². The number of halogens is 1. The summed E-state index contributed by atoms with van der Waals surface area (Å²) in [5.41, 5.74) is 1.61. The monoisotopic (exact) mass is 280 g/mol. The van der Waals surface area contributed by atoms with Crippen molar-refractivity contribution in [2.75, 3.05) is 26.7 Å². The highest BCUT2D eigenvalue weighted by molar-refractivity contribution is 6.31. The normalized spacial score (nSPS) is 21.3. The fourth-order valence-electron chi connectivity index (χ4n) is 2.67. The number of rotatable bonds is 4. The van der Waals surface area contributed by atoms with Crippen LogP contribution < -0.4 is 5.32 Å². The summed E-state index contributed by atoms with van der Waals surface area (Å²) in [5, 5.41) is 4.52. The van der Waals surface area contributed by atoms with Crippen molar-refractivity contribution in [2.24, 2.45) is 5.41 Å². The van der Waals surface area contributed by atoms with E-state index in [1.807, 2.05) is 12.1 Å². The Labute approximate surface area is 122 Å². The van der Waals surface area contributed by atoms with Crippen LogP contribution in [0, 0.1) is 5.41 Å².